The minimum atomic E-state index is -0.362. The van der Waals surface area contributed by atoms with Gasteiger partial charge in [-0.05, 0) is 60.7 Å². The van der Waals surface area contributed by atoms with E-state index >= 15 is 0 Å². The van der Waals surface area contributed by atoms with Crippen molar-refractivity contribution in [1.29, 1.82) is 0 Å². The lowest BCUT2D eigenvalue weighted by atomic mass is 10.00. The van der Waals surface area contributed by atoms with Crippen LogP contribution < -0.4 is 0 Å². The molecule has 0 aliphatic carbocycles. The number of fused-ring (bicyclic) bond motifs is 6. The Bertz CT molecular complexity index is 2120. The molecule has 6 aromatic rings. The summed E-state index contributed by atoms with van der Waals surface area (Å²) in [4.78, 5) is 9.50. The summed E-state index contributed by atoms with van der Waals surface area (Å²) in [5.74, 6) is 3.05. The molecule has 0 bridgehead atoms. The van der Waals surface area contributed by atoms with E-state index in [0.29, 0.717) is 66.9 Å². The van der Waals surface area contributed by atoms with E-state index in [-0.39, 0.29) is 24.7 Å². The van der Waals surface area contributed by atoms with Crippen molar-refractivity contribution < 1.29 is 8.78 Å². The van der Waals surface area contributed by atoms with Crippen molar-refractivity contribution in [3.63, 3.8) is 0 Å². The molecule has 0 amide bonds. The van der Waals surface area contributed by atoms with Gasteiger partial charge in [0.05, 0.1) is 34.3 Å². The van der Waals surface area contributed by atoms with Crippen LogP contribution >= 0.6 is 44.8 Å². The van der Waals surface area contributed by atoms with Gasteiger partial charge in [0.1, 0.15) is 36.4 Å². The lowest BCUT2D eigenvalue weighted by Gasteiger charge is -2.15. The van der Waals surface area contributed by atoms with Crippen molar-refractivity contribution in [2.75, 3.05) is 0 Å². The first-order valence-electron chi connectivity index (χ1n) is 14.8. The van der Waals surface area contributed by atoms with Gasteiger partial charge >= 0.3 is 0 Å². The molecule has 238 valence electrons. The van der Waals surface area contributed by atoms with Gasteiger partial charge in [-0.3, -0.25) is 19.1 Å². The number of hydrogen-bond donors (Lipinski definition) is 0. The third kappa shape index (κ3) is 5.62. The number of aliphatic imine (C=N–C) groups is 2. The quantitative estimate of drug-likeness (QED) is 0.122. The Morgan fingerprint density at radius 3 is 1.44 bits per heavy atom. The second-order valence-electron chi connectivity index (χ2n) is 10.9. The van der Waals surface area contributed by atoms with Crippen molar-refractivity contribution in [2.24, 2.45) is 9.98 Å². The second kappa shape index (κ2) is 12.9. The van der Waals surface area contributed by atoms with Gasteiger partial charge in [0.2, 0.25) is 0 Å². The van der Waals surface area contributed by atoms with E-state index in [0.717, 1.165) is 23.0 Å². The molecule has 0 atom stereocenters. The van der Waals surface area contributed by atoms with Crippen LogP contribution in [0, 0.1) is 11.6 Å². The normalized spacial score (nSPS) is 13.4. The zero-order valence-corrected chi connectivity index (χ0v) is 28.0. The molecule has 8 nitrogen and oxygen atoms in total. The first-order chi connectivity index (χ1) is 23.5. The average molecular weight is 716 g/mol. The van der Waals surface area contributed by atoms with Gasteiger partial charge in [0, 0.05) is 32.3 Å². The predicted molar refractivity (Wildman–Crippen MR) is 187 cm³/mol. The molecule has 0 unspecified atom stereocenters. The van der Waals surface area contributed by atoms with E-state index in [4.69, 9.17) is 33.2 Å². The van der Waals surface area contributed by atoms with Crippen LogP contribution in [-0.4, -0.2) is 41.0 Å². The molecule has 0 saturated heterocycles. The summed E-state index contributed by atoms with van der Waals surface area (Å²) in [6.45, 7) is 0.458. The summed E-state index contributed by atoms with van der Waals surface area (Å²) in [6, 6.07) is 24.1. The summed E-state index contributed by atoms with van der Waals surface area (Å²) in [6.07, 6.45) is 0. The molecule has 4 heterocycles. The van der Waals surface area contributed by atoms with Gasteiger partial charge in [-0.1, -0.05) is 69.1 Å². The number of aromatic nitrogens is 6. The minimum absolute atomic E-state index is 0.229. The van der Waals surface area contributed by atoms with Crippen LogP contribution in [0.15, 0.2) is 94.9 Å². The number of hydrogen-bond acceptors (Lipinski definition) is 8. The van der Waals surface area contributed by atoms with Gasteiger partial charge in [-0.25, -0.2) is 8.78 Å². The van der Waals surface area contributed by atoms with Crippen LogP contribution in [0.25, 0.3) is 11.4 Å². The topological polar surface area (TPSA) is 86.1 Å². The average Bonchev–Trinajstić information content (AvgIpc) is 3.59. The highest BCUT2D eigenvalue weighted by atomic mass is 35.5. The Kier molecular flexibility index (Phi) is 8.33. The third-order valence-corrected chi connectivity index (χ3v) is 10.6. The van der Waals surface area contributed by atoms with Gasteiger partial charge in [0.25, 0.3) is 0 Å². The SMILES string of the molecule is Fc1ccccc1C1=NCc2nnc(CSSCc3nnc4n3-c3ccc(Cl)cc3C(c3ccccc3F)=NC4)n2-c2ccc(Cl)cc21. The molecule has 2 aliphatic heterocycles. The number of halogens is 4. The zero-order chi connectivity index (χ0) is 32.8. The van der Waals surface area contributed by atoms with Crippen molar-refractivity contribution in [3.05, 3.63) is 152 Å². The summed E-state index contributed by atoms with van der Waals surface area (Å²) in [7, 11) is 3.19. The zero-order valence-electron chi connectivity index (χ0n) is 24.8. The van der Waals surface area contributed by atoms with E-state index in [2.05, 4.69) is 20.4 Å². The summed E-state index contributed by atoms with van der Waals surface area (Å²) < 4.78 is 33.8. The molecular weight excluding hydrogens is 693 g/mol. The highest BCUT2D eigenvalue weighted by molar-refractivity contribution is 8.76. The van der Waals surface area contributed by atoms with Crippen LogP contribution in [0.4, 0.5) is 8.78 Å². The third-order valence-electron chi connectivity index (χ3n) is 7.98. The summed E-state index contributed by atoms with van der Waals surface area (Å²) >= 11 is 12.8. The first kappa shape index (κ1) is 30.9. The van der Waals surface area contributed by atoms with E-state index in [1.54, 1.807) is 82.3 Å². The number of rotatable bonds is 7. The molecular formula is C34H22Cl2F2N8S2. The predicted octanol–water partition coefficient (Wildman–Crippen LogP) is 8.22. The lowest BCUT2D eigenvalue weighted by Crippen LogP contribution is -2.10. The van der Waals surface area contributed by atoms with Crippen LogP contribution in [0.2, 0.25) is 10.0 Å². The maximum Gasteiger partial charge on any atom is 0.159 e. The van der Waals surface area contributed by atoms with Crippen LogP contribution in [0.1, 0.15) is 45.6 Å². The largest absolute Gasteiger partial charge is 0.280 e. The van der Waals surface area contributed by atoms with E-state index < -0.39 is 0 Å². The molecule has 0 fully saturated rings. The fourth-order valence-corrected chi connectivity index (χ4v) is 8.09. The van der Waals surface area contributed by atoms with Crippen LogP contribution in [-0.2, 0) is 24.6 Å². The van der Waals surface area contributed by atoms with Gasteiger partial charge in [-0.2, -0.15) is 0 Å². The van der Waals surface area contributed by atoms with E-state index in [1.165, 1.54) is 12.1 Å². The Hall–Kier alpha value is -4.36. The Balaban J connectivity index is 1.05. The van der Waals surface area contributed by atoms with Gasteiger partial charge in [-0.15, -0.1) is 20.4 Å². The monoisotopic (exact) mass is 714 g/mol. The molecule has 2 aliphatic rings. The highest BCUT2D eigenvalue weighted by Crippen LogP contribution is 2.35. The molecule has 14 heteroatoms. The Morgan fingerprint density at radius 2 is 1.00 bits per heavy atom. The molecule has 48 heavy (non-hydrogen) atoms. The molecule has 0 radical (unpaired) electrons. The smallest absolute Gasteiger partial charge is 0.159 e. The molecule has 2 aromatic heterocycles. The van der Waals surface area contributed by atoms with Gasteiger partial charge in [0.15, 0.2) is 11.6 Å². The molecule has 0 spiro atoms. The second-order valence-corrected chi connectivity index (χ2v) is 14.2. The summed E-state index contributed by atoms with van der Waals surface area (Å²) in [5.41, 5.74) is 4.79. The maximum absolute atomic E-state index is 14.9. The van der Waals surface area contributed by atoms with Crippen molar-refractivity contribution in [1.82, 2.24) is 29.5 Å². The first-order valence-corrected chi connectivity index (χ1v) is 18.0. The minimum Gasteiger partial charge on any atom is -0.280 e. The van der Waals surface area contributed by atoms with Crippen molar-refractivity contribution in [3.8, 4) is 11.4 Å². The lowest BCUT2D eigenvalue weighted by molar-refractivity contribution is 0.625. The fourth-order valence-electron chi connectivity index (χ4n) is 5.87. The highest BCUT2D eigenvalue weighted by Gasteiger charge is 2.26. The van der Waals surface area contributed by atoms with Crippen LogP contribution in [0.5, 0.6) is 0 Å². The van der Waals surface area contributed by atoms with E-state index in [9.17, 15) is 8.78 Å². The van der Waals surface area contributed by atoms with Gasteiger partial charge < -0.3 is 0 Å². The van der Waals surface area contributed by atoms with Crippen LogP contribution in [0.3, 0.4) is 0 Å². The number of benzene rings is 4. The Labute approximate surface area is 291 Å². The molecule has 0 saturated carbocycles. The summed E-state index contributed by atoms with van der Waals surface area (Å²) in [5, 5.41) is 18.9. The van der Waals surface area contributed by atoms with E-state index in [1.807, 2.05) is 21.3 Å². The Morgan fingerprint density at radius 1 is 0.562 bits per heavy atom. The maximum atomic E-state index is 14.9. The van der Waals surface area contributed by atoms with Crippen molar-refractivity contribution >= 4 is 56.2 Å². The number of nitrogens with zero attached hydrogens (tertiary/aromatic N) is 8. The molecule has 0 N–H and O–H groups in total. The molecule has 8 rings (SSSR count). The van der Waals surface area contributed by atoms with Crippen molar-refractivity contribution in [2.45, 2.75) is 24.6 Å². The fraction of sp³-hybridized carbons (Fsp3) is 0.118. The standard InChI is InChI=1S/C34H22Cl2F2N8S2/c35-19-9-11-27-23(13-19)33(21-5-1-3-7-25(21)37)39-15-29-41-43-31(45(27)29)17-47-48-18-32-44-42-30-16-40-34(22-6-2-4-8-26(22)38)24-14-20(36)10-12-28(24)46(30)32/h1-14H,15-18H2. The molecule has 4 aromatic carbocycles.